The van der Waals surface area contributed by atoms with Gasteiger partial charge in [-0.3, -0.25) is 9.59 Å². The van der Waals surface area contributed by atoms with Crippen LogP contribution in [0.15, 0.2) is 66.7 Å². The highest BCUT2D eigenvalue weighted by molar-refractivity contribution is 6.42. The van der Waals surface area contributed by atoms with E-state index in [-0.39, 0.29) is 18.9 Å². The zero-order valence-corrected chi connectivity index (χ0v) is 18.5. The predicted octanol–water partition coefficient (Wildman–Crippen LogP) is 4.92. The van der Waals surface area contributed by atoms with Crippen molar-refractivity contribution in [3.05, 3.63) is 93.5 Å². The van der Waals surface area contributed by atoms with Crippen molar-refractivity contribution in [2.75, 3.05) is 6.61 Å². The lowest BCUT2D eigenvalue weighted by atomic mass is 9.94. The number of esters is 1. The van der Waals surface area contributed by atoms with Crippen molar-refractivity contribution in [1.82, 2.24) is 0 Å². The van der Waals surface area contributed by atoms with Crippen molar-refractivity contribution in [3.8, 4) is 11.1 Å². The van der Waals surface area contributed by atoms with E-state index in [9.17, 15) is 14.7 Å². The molecule has 0 spiro atoms. The summed E-state index contributed by atoms with van der Waals surface area (Å²) < 4.78 is 5.52. The number of nitrogens with two attached hydrogens (primary N) is 1. The van der Waals surface area contributed by atoms with Gasteiger partial charge >= 0.3 is 11.9 Å². The fraction of sp³-hybridized carbons (Fsp3) is 0.200. The molecule has 1 aliphatic carbocycles. The molecular weight excluding hydrogens is 449 g/mol. The van der Waals surface area contributed by atoms with E-state index in [2.05, 4.69) is 0 Å². The number of ether oxygens (including phenoxy) is 1. The molecule has 2 atom stereocenters. The fourth-order valence-corrected chi connectivity index (χ4v) is 4.53. The first-order valence-electron chi connectivity index (χ1n) is 10.1. The smallest absolute Gasteiger partial charge is 0.321 e. The molecule has 0 radical (unpaired) electrons. The third-order valence-corrected chi connectivity index (χ3v) is 6.50. The summed E-state index contributed by atoms with van der Waals surface area (Å²) in [7, 11) is 0. The van der Waals surface area contributed by atoms with Crippen LogP contribution in [-0.2, 0) is 20.7 Å². The maximum atomic E-state index is 12.8. The number of hydrogen-bond donors (Lipinski definition) is 2. The molecule has 0 saturated carbocycles. The Morgan fingerprint density at radius 3 is 2.09 bits per heavy atom. The third kappa shape index (κ3) is 4.37. The normalized spacial score (nSPS) is 14.3. The third-order valence-electron chi connectivity index (χ3n) is 5.76. The highest BCUT2D eigenvalue weighted by Crippen LogP contribution is 2.44. The number of hydrogen-bond acceptors (Lipinski definition) is 4. The molecule has 0 aromatic heterocycles. The second-order valence-corrected chi connectivity index (χ2v) is 8.60. The molecule has 32 heavy (non-hydrogen) atoms. The van der Waals surface area contributed by atoms with Gasteiger partial charge in [0.2, 0.25) is 0 Å². The molecule has 164 valence electrons. The second-order valence-electron chi connectivity index (χ2n) is 7.79. The summed E-state index contributed by atoms with van der Waals surface area (Å²) in [5.41, 5.74) is 11.1. The Morgan fingerprint density at radius 1 is 0.938 bits per heavy atom. The minimum absolute atomic E-state index is 0.0378. The molecule has 0 amide bonds. The molecule has 0 aliphatic heterocycles. The van der Waals surface area contributed by atoms with Crippen LogP contribution in [0.4, 0.5) is 0 Å². The van der Waals surface area contributed by atoms with Crippen molar-refractivity contribution < 1.29 is 19.4 Å². The number of carbonyl (C=O) groups excluding carboxylic acids is 1. The molecule has 0 unspecified atom stereocenters. The number of carbonyl (C=O) groups is 2. The monoisotopic (exact) mass is 469 g/mol. The Hall–Kier alpha value is -2.86. The number of carboxylic acids is 1. The first-order chi connectivity index (χ1) is 15.4. The first kappa shape index (κ1) is 22.3. The maximum absolute atomic E-state index is 12.8. The molecule has 4 rings (SSSR count). The summed E-state index contributed by atoms with van der Waals surface area (Å²) in [6.45, 7) is 0.0378. The van der Waals surface area contributed by atoms with Gasteiger partial charge in [0, 0.05) is 12.0 Å². The molecule has 1 aliphatic rings. The molecule has 0 saturated heterocycles. The van der Waals surface area contributed by atoms with E-state index in [1.54, 1.807) is 18.2 Å². The Morgan fingerprint density at radius 2 is 1.53 bits per heavy atom. The SMILES string of the molecule is N[C@H](Cc1ccc(Cl)c(Cl)c1)[C@@H](C(=O)O)C(=O)OCC1c2ccccc2-c2ccccc21. The van der Waals surface area contributed by atoms with Crippen LogP contribution >= 0.6 is 23.2 Å². The van der Waals surface area contributed by atoms with E-state index in [1.165, 1.54) is 0 Å². The van der Waals surface area contributed by atoms with Gasteiger partial charge in [0.15, 0.2) is 5.92 Å². The van der Waals surface area contributed by atoms with Crippen molar-refractivity contribution in [1.29, 1.82) is 0 Å². The molecule has 3 N–H and O–H groups in total. The zero-order chi connectivity index (χ0) is 22.8. The maximum Gasteiger partial charge on any atom is 0.321 e. The quantitative estimate of drug-likeness (QED) is 0.378. The average Bonchev–Trinajstić information content (AvgIpc) is 3.08. The van der Waals surface area contributed by atoms with Crippen molar-refractivity contribution in [3.63, 3.8) is 0 Å². The number of benzene rings is 3. The van der Waals surface area contributed by atoms with Gasteiger partial charge in [-0.25, -0.2) is 0 Å². The van der Waals surface area contributed by atoms with E-state index < -0.39 is 23.9 Å². The van der Waals surface area contributed by atoms with Crippen LogP contribution in [0.2, 0.25) is 10.0 Å². The Bertz CT molecular complexity index is 1130. The highest BCUT2D eigenvalue weighted by atomic mass is 35.5. The Balaban J connectivity index is 1.49. The topological polar surface area (TPSA) is 89.6 Å². The molecule has 5 nitrogen and oxygen atoms in total. The number of halogens is 2. The van der Waals surface area contributed by atoms with Crippen LogP contribution in [0, 0.1) is 5.92 Å². The van der Waals surface area contributed by atoms with Gasteiger partial charge in [0.1, 0.15) is 6.61 Å². The number of carboxylic acid groups (broad SMARTS) is 1. The Labute approximate surface area is 195 Å². The minimum atomic E-state index is -1.50. The minimum Gasteiger partial charge on any atom is -0.481 e. The average molecular weight is 470 g/mol. The molecule has 3 aromatic rings. The molecule has 0 bridgehead atoms. The van der Waals surface area contributed by atoms with Gasteiger partial charge < -0.3 is 15.6 Å². The van der Waals surface area contributed by atoms with Crippen LogP contribution in [0.5, 0.6) is 0 Å². The van der Waals surface area contributed by atoms with Crippen molar-refractivity contribution >= 4 is 35.1 Å². The van der Waals surface area contributed by atoms with E-state index in [0.717, 1.165) is 22.3 Å². The lowest BCUT2D eigenvalue weighted by Crippen LogP contribution is -2.43. The number of aliphatic carboxylic acids is 1. The van der Waals surface area contributed by atoms with Gasteiger partial charge in [0.05, 0.1) is 10.0 Å². The lowest BCUT2D eigenvalue weighted by Gasteiger charge is -2.21. The lowest BCUT2D eigenvalue weighted by molar-refractivity contribution is -0.159. The van der Waals surface area contributed by atoms with Crippen LogP contribution in [-0.4, -0.2) is 29.7 Å². The standard InChI is InChI=1S/C25H21Cl2NO4/c26-20-10-9-14(11-21(20)27)12-22(28)23(24(29)30)25(31)32-13-19-17-7-3-1-5-15(17)16-6-2-4-8-18(16)19/h1-11,19,22-23H,12-13,28H2,(H,29,30)/t22-,23+/m1/s1. The van der Waals surface area contributed by atoms with Gasteiger partial charge in [-0.2, -0.15) is 0 Å². The van der Waals surface area contributed by atoms with Crippen LogP contribution in [0.3, 0.4) is 0 Å². The summed E-state index contributed by atoms with van der Waals surface area (Å²) in [4.78, 5) is 24.6. The summed E-state index contributed by atoms with van der Waals surface area (Å²) in [5, 5.41) is 10.4. The number of rotatable bonds is 7. The first-order valence-corrected chi connectivity index (χ1v) is 10.9. The predicted molar refractivity (Wildman–Crippen MR) is 124 cm³/mol. The molecule has 0 fully saturated rings. The van der Waals surface area contributed by atoms with Gasteiger partial charge in [-0.1, -0.05) is 77.8 Å². The van der Waals surface area contributed by atoms with Gasteiger partial charge in [-0.05, 0) is 46.4 Å². The summed E-state index contributed by atoms with van der Waals surface area (Å²) in [6.07, 6.45) is 0.137. The van der Waals surface area contributed by atoms with E-state index in [0.29, 0.717) is 15.6 Å². The van der Waals surface area contributed by atoms with E-state index >= 15 is 0 Å². The van der Waals surface area contributed by atoms with E-state index in [1.807, 2.05) is 48.5 Å². The summed E-state index contributed by atoms with van der Waals surface area (Å²) in [5.74, 6) is -3.84. The Kier molecular flexibility index (Phi) is 6.51. The van der Waals surface area contributed by atoms with Crippen LogP contribution in [0.25, 0.3) is 11.1 Å². The fourth-order valence-electron chi connectivity index (χ4n) is 4.21. The second kappa shape index (κ2) is 9.33. The van der Waals surface area contributed by atoms with Crippen LogP contribution < -0.4 is 5.73 Å². The van der Waals surface area contributed by atoms with Gasteiger partial charge in [-0.15, -0.1) is 0 Å². The molecule has 7 heteroatoms. The van der Waals surface area contributed by atoms with Crippen molar-refractivity contribution in [2.45, 2.75) is 18.4 Å². The number of fused-ring (bicyclic) bond motifs is 3. The zero-order valence-electron chi connectivity index (χ0n) is 17.0. The largest absolute Gasteiger partial charge is 0.481 e. The van der Waals surface area contributed by atoms with Gasteiger partial charge in [0.25, 0.3) is 0 Å². The van der Waals surface area contributed by atoms with Crippen LogP contribution in [0.1, 0.15) is 22.6 Å². The summed E-state index contributed by atoms with van der Waals surface area (Å²) in [6, 6.07) is 19.8. The summed E-state index contributed by atoms with van der Waals surface area (Å²) >= 11 is 12.0. The molecule has 3 aromatic carbocycles. The highest BCUT2D eigenvalue weighted by Gasteiger charge is 2.36. The van der Waals surface area contributed by atoms with Crippen molar-refractivity contribution in [2.24, 2.45) is 11.7 Å². The molecular formula is C25H21Cl2NO4. The van der Waals surface area contributed by atoms with E-state index in [4.69, 9.17) is 33.7 Å². The molecule has 0 heterocycles.